The fraction of sp³-hybridized carbons (Fsp3) is 0.769. The van der Waals surface area contributed by atoms with E-state index in [0.717, 1.165) is 25.3 Å². The molecule has 0 amide bonds. The molecule has 0 heterocycles. The topological polar surface area (TPSA) is 27.7 Å². The van der Waals surface area contributed by atoms with Crippen molar-refractivity contribution in [2.75, 3.05) is 0 Å². The summed E-state index contributed by atoms with van der Waals surface area (Å²) in [6.45, 7) is 13.9. The maximum Gasteiger partial charge on any atom is 0.286 e. The highest BCUT2D eigenvalue weighted by atomic mass is 19.1. The van der Waals surface area contributed by atoms with Crippen molar-refractivity contribution in [3.05, 3.63) is 35.4 Å². The number of unbranched alkanes of at least 4 members (excludes halogenated alkanes) is 5. The van der Waals surface area contributed by atoms with Crippen molar-refractivity contribution in [1.82, 2.24) is 0 Å². The van der Waals surface area contributed by atoms with E-state index >= 15 is 0 Å². The third kappa shape index (κ3) is 10.9. The molecular weight excluding hydrogens is 398 g/mol. The molecule has 1 aromatic rings. The summed E-state index contributed by atoms with van der Waals surface area (Å²) in [4.78, 5) is 0. The lowest BCUT2D eigenvalue weighted by Crippen LogP contribution is -2.51. The summed E-state index contributed by atoms with van der Waals surface area (Å²) < 4.78 is 46.7. The Hall–Kier alpha value is -1.04. The van der Waals surface area contributed by atoms with Crippen LogP contribution in [0.3, 0.4) is 0 Å². The average molecular weight is 443 g/mol. The predicted molar refractivity (Wildman–Crippen MR) is 123 cm³/mol. The summed E-state index contributed by atoms with van der Waals surface area (Å²) in [7, 11) is 0. The Kier molecular flexibility index (Phi) is 12.8. The molecule has 0 spiro atoms. The molecule has 3 nitrogen and oxygen atoms in total. The monoisotopic (exact) mass is 442 g/mol. The molecule has 0 fully saturated rings. The van der Waals surface area contributed by atoms with Crippen LogP contribution < -0.4 is 0 Å². The van der Waals surface area contributed by atoms with Crippen LogP contribution in [0.5, 0.6) is 0 Å². The first-order valence-electron chi connectivity index (χ1n) is 12.1. The van der Waals surface area contributed by atoms with E-state index in [4.69, 9.17) is 14.2 Å². The van der Waals surface area contributed by atoms with Crippen LogP contribution in [0, 0.1) is 17.6 Å². The molecule has 1 unspecified atom stereocenters. The van der Waals surface area contributed by atoms with Gasteiger partial charge < -0.3 is 14.2 Å². The highest BCUT2D eigenvalue weighted by molar-refractivity contribution is 5.18. The molecule has 0 aliphatic carbocycles. The van der Waals surface area contributed by atoms with E-state index in [-0.39, 0.29) is 24.2 Å². The average Bonchev–Trinajstić information content (AvgIpc) is 2.60. The third-order valence-electron chi connectivity index (χ3n) is 5.01. The maximum absolute atomic E-state index is 13.9. The van der Waals surface area contributed by atoms with E-state index in [1.807, 2.05) is 41.5 Å². The van der Waals surface area contributed by atoms with Gasteiger partial charge in [0.15, 0.2) is 0 Å². The standard InChI is InChI=1S/C26H44F2O3/c1-8-9-10-11-12-13-14-23(15-22-16-24(27)18-25(28)17-22)26(29-19(2)3,30-20(4)5)31-21(6)7/h16-21,23H,8-15H2,1-7H3. The maximum atomic E-state index is 13.9. The smallest absolute Gasteiger partial charge is 0.286 e. The second-order valence-corrected chi connectivity index (χ2v) is 9.34. The Morgan fingerprint density at radius 3 is 1.61 bits per heavy atom. The first-order valence-corrected chi connectivity index (χ1v) is 12.1. The number of halogens is 2. The Morgan fingerprint density at radius 2 is 1.16 bits per heavy atom. The molecule has 0 saturated heterocycles. The summed E-state index contributed by atoms with van der Waals surface area (Å²) in [6.07, 6.45) is 7.78. The van der Waals surface area contributed by atoms with Gasteiger partial charge in [-0.3, -0.25) is 0 Å². The summed E-state index contributed by atoms with van der Waals surface area (Å²) in [6, 6.07) is 3.68. The van der Waals surface area contributed by atoms with E-state index in [2.05, 4.69) is 6.92 Å². The molecule has 0 bridgehead atoms. The van der Waals surface area contributed by atoms with Crippen LogP contribution in [0.15, 0.2) is 18.2 Å². The fourth-order valence-corrected chi connectivity index (χ4v) is 3.95. The molecule has 1 atom stereocenters. The van der Waals surface area contributed by atoms with E-state index < -0.39 is 17.6 Å². The first-order chi connectivity index (χ1) is 14.6. The summed E-state index contributed by atoms with van der Waals surface area (Å²) in [5.74, 6) is -2.62. The van der Waals surface area contributed by atoms with Crippen molar-refractivity contribution in [3.63, 3.8) is 0 Å². The van der Waals surface area contributed by atoms with Gasteiger partial charge in [0, 0.05) is 12.0 Å². The van der Waals surface area contributed by atoms with Crippen molar-refractivity contribution >= 4 is 0 Å². The summed E-state index contributed by atoms with van der Waals surface area (Å²) in [5, 5.41) is 0. The fourth-order valence-electron chi connectivity index (χ4n) is 3.95. The Balaban J connectivity index is 3.20. The zero-order chi connectivity index (χ0) is 23.4. The van der Waals surface area contributed by atoms with Crippen molar-refractivity contribution in [3.8, 4) is 0 Å². The van der Waals surface area contributed by atoms with Crippen molar-refractivity contribution in [2.24, 2.45) is 5.92 Å². The molecular formula is C26H44F2O3. The molecule has 0 N–H and O–H groups in total. The van der Waals surface area contributed by atoms with Crippen LogP contribution in [0.2, 0.25) is 0 Å². The van der Waals surface area contributed by atoms with Crippen LogP contribution in [-0.2, 0) is 20.6 Å². The van der Waals surface area contributed by atoms with Crippen LogP contribution in [0.25, 0.3) is 0 Å². The van der Waals surface area contributed by atoms with Gasteiger partial charge in [-0.05, 0) is 72.1 Å². The quantitative estimate of drug-likeness (QED) is 0.193. The molecule has 0 aliphatic heterocycles. The SMILES string of the molecule is CCCCCCCCC(Cc1cc(F)cc(F)c1)C(OC(C)C)(OC(C)C)OC(C)C. The number of hydrogen-bond acceptors (Lipinski definition) is 3. The van der Waals surface area contributed by atoms with E-state index in [0.29, 0.717) is 12.0 Å². The lowest BCUT2D eigenvalue weighted by atomic mass is 9.90. The van der Waals surface area contributed by atoms with E-state index in [1.165, 1.54) is 37.8 Å². The van der Waals surface area contributed by atoms with Gasteiger partial charge in [-0.25, -0.2) is 8.78 Å². The molecule has 0 saturated carbocycles. The number of benzene rings is 1. The Bertz CT molecular complexity index is 570. The van der Waals surface area contributed by atoms with Crippen LogP contribution >= 0.6 is 0 Å². The minimum atomic E-state index is -1.28. The highest BCUT2D eigenvalue weighted by Gasteiger charge is 2.45. The van der Waals surface area contributed by atoms with Crippen LogP contribution in [-0.4, -0.2) is 24.3 Å². The Morgan fingerprint density at radius 1 is 0.710 bits per heavy atom. The van der Waals surface area contributed by atoms with Gasteiger partial charge in [-0.2, -0.15) is 0 Å². The van der Waals surface area contributed by atoms with Gasteiger partial charge in [-0.15, -0.1) is 0 Å². The van der Waals surface area contributed by atoms with Gasteiger partial charge in [0.2, 0.25) is 0 Å². The van der Waals surface area contributed by atoms with Gasteiger partial charge in [-0.1, -0.05) is 45.4 Å². The lowest BCUT2D eigenvalue weighted by molar-refractivity contribution is -0.432. The second-order valence-electron chi connectivity index (χ2n) is 9.34. The van der Waals surface area contributed by atoms with E-state index in [9.17, 15) is 8.78 Å². The third-order valence-corrected chi connectivity index (χ3v) is 5.01. The van der Waals surface area contributed by atoms with Crippen molar-refractivity contribution < 1.29 is 23.0 Å². The van der Waals surface area contributed by atoms with Gasteiger partial charge in [0.1, 0.15) is 11.6 Å². The van der Waals surface area contributed by atoms with Gasteiger partial charge in [0.05, 0.1) is 18.3 Å². The minimum Gasteiger partial charge on any atom is -0.324 e. The summed E-state index contributed by atoms with van der Waals surface area (Å²) >= 11 is 0. The second kappa shape index (κ2) is 14.2. The van der Waals surface area contributed by atoms with E-state index in [1.54, 1.807) is 0 Å². The lowest BCUT2D eigenvalue weighted by Gasteiger charge is -2.43. The molecule has 0 aliphatic rings. The van der Waals surface area contributed by atoms with Gasteiger partial charge >= 0.3 is 0 Å². The zero-order valence-corrected chi connectivity index (χ0v) is 20.7. The van der Waals surface area contributed by atoms with Gasteiger partial charge in [0.25, 0.3) is 5.97 Å². The number of ether oxygens (including phenoxy) is 3. The number of hydrogen-bond donors (Lipinski definition) is 0. The molecule has 0 radical (unpaired) electrons. The predicted octanol–water partition coefficient (Wildman–Crippen LogP) is 7.80. The molecule has 180 valence electrons. The molecule has 5 heteroatoms. The number of rotatable bonds is 16. The molecule has 1 aromatic carbocycles. The van der Waals surface area contributed by atoms with Crippen LogP contribution in [0.1, 0.15) is 99.0 Å². The van der Waals surface area contributed by atoms with Crippen molar-refractivity contribution in [2.45, 2.75) is 124 Å². The van der Waals surface area contributed by atoms with Crippen molar-refractivity contribution in [1.29, 1.82) is 0 Å². The normalized spacial score (nSPS) is 13.5. The highest BCUT2D eigenvalue weighted by Crippen LogP contribution is 2.36. The minimum absolute atomic E-state index is 0.131. The summed E-state index contributed by atoms with van der Waals surface area (Å²) in [5.41, 5.74) is 0.588. The van der Waals surface area contributed by atoms with Crippen LogP contribution in [0.4, 0.5) is 8.78 Å². The zero-order valence-electron chi connectivity index (χ0n) is 20.7. The Labute approximate surface area is 188 Å². The first kappa shape index (κ1) is 28.0. The largest absolute Gasteiger partial charge is 0.324 e. The molecule has 31 heavy (non-hydrogen) atoms. The molecule has 1 rings (SSSR count). The molecule has 0 aromatic heterocycles.